The summed E-state index contributed by atoms with van der Waals surface area (Å²) in [4.78, 5) is 6.51. The van der Waals surface area contributed by atoms with Gasteiger partial charge in [0, 0.05) is 24.8 Å². The number of aromatic nitrogens is 1. The van der Waals surface area contributed by atoms with Gasteiger partial charge < -0.3 is 10.6 Å². The van der Waals surface area contributed by atoms with Crippen LogP contribution in [0.3, 0.4) is 0 Å². The van der Waals surface area contributed by atoms with E-state index in [1.807, 2.05) is 18.5 Å². The lowest BCUT2D eigenvalue weighted by atomic mass is 9.88. The summed E-state index contributed by atoms with van der Waals surface area (Å²) >= 11 is 0. The van der Waals surface area contributed by atoms with Gasteiger partial charge in [0.25, 0.3) is 0 Å². The van der Waals surface area contributed by atoms with Crippen LogP contribution in [0.1, 0.15) is 20.3 Å². The third-order valence-corrected chi connectivity index (χ3v) is 3.25. The van der Waals surface area contributed by atoms with Gasteiger partial charge in [-0.3, -0.25) is 4.98 Å². The van der Waals surface area contributed by atoms with E-state index < -0.39 is 0 Å². The Bertz CT molecular complexity index is 315. The second-order valence-electron chi connectivity index (χ2n) is 4.96. The molecule has 2 heterocycles. The Morgan fingerprint density at radius 3 is 2.87 bits per heavy atom. The highest BCUT2D eigenvalue weighted by Gasteiger charge is 2.32. The van der Waals surface area contributed by atoms with Crippen LogP contribution in [-0.4, -0.2) is 23.6 Å². The first kappa shape index (κ1) is 10.4. The SMILES string of the molecule is CC(C)(N)C1CCN(c2cccnc2)C1. The molecule has 1 saturated heterocycles. The fourth-order valence-electron chi connectivity index (χ4n) is 2.14. The second kappa shape index (κ2) is 3.81. The van der Waals surface area contributed by atoms with E-state index in [0.717, 1.165) is 13.1 Å². The van der Waals surface area contributed by atoms with Gasteiger partial charge in [-0.25, -0.2) is 0 Å². The molecule has 15 heavy (non-hydrogen) atoms. The van der Waals surface area contributed by atoms with E-state index in [2.05, 4.69) is 29.8 Å². The fourth-order valence-corrected chi connectivity index (χ4v) is 2.14. The number of pyridine rings is 1. The van der Waals surface area contributed by atoms with Crippen LogP contribution in [0, 0.1) is 5.92 Å². The van der Waals surface area contributed by atoms with Crippen molar-refractivity contribution in [2.24, 2.45) is 11.7 Å². The van der Waals surface area contributed by atoms with Crippen molar-refractivity contribution in [1.82, 2.24) is 4.98 Å². The normalized spacial score (nSPS) is 22.1. The quantitative estimate of drug-likeness (QED) is 0.798. The average molecular weight is 205 g/mol. The van der Waals surface area contributed by atoms with E-state index in [9.17, 15) is 0 Å². The van der Waals surface area contributed by atoms with Crippen molar-refractivity contribution in [2.75, 3.05) is 18.0 Å². The maximum atomic E-state index is 6.14. The molecule has 1 unspecified atom stereocenters. The van der Waals surface area contributed by atoms with E-state index in [4.69, 9.17) is 5.73 Å². The Morgan fingerprint density at radius 1 is 1.53 bits per heavy atom. The molecule has 2 rings (SSSR count). The molecule has 1 aromatic heterocycles. The zero-order chi connectivity index (χ0) is 10.9. The summed E-state index contributed by atoms with van der Waals surface area (Å²) in [6.07, 6.45) is 4.91. The van der Waals surface area contributed by atoms with Crippen molar-refractivity contribution in [3.63, 3.8) is 0 Å². The van der Waals surface area contributed by atoms with E-state index >= 15 is 0 Å². The summed E-state index contributed by atoms with van der Waals surface area (Å²) in [5.74, 6) is 0.581. The smallest absolute Gasteiger partial charge is 0.0552 e. The van der Waals surface area contributed by atoms with Crippen molar-refractivity contribution >= 4 is 5.69 Å². The van der Waals surface area contributed by atoms with Gasteiger partial charge in [0.2, 0.25) is 0 Å². The van der Waals surface area contributed by atoms with Crippen LogP contribution in [0.15, 0.2) is 24.5 Å². The van der Waals surface area contributed by atoms with Gasteiger partial charge in [-0.15, -0.1) is 0 Å². The van der Waals surface area contributed by atoms with Crippen molar-refractivity contribution in [1.29, 1.82) is 0 Å². The Morgan fingerprint density at radius 2 is 2.33 bits per heavy atom. The number of anilines is 1. The molecule has 0 amide bonds. The lowest BCUT2D eigenvalue weighted by Gasteiger charge is -2.27. The minimum absolute atomic E-state index is 0.0725. The van der Waals surface area contributed by atoms with Crippen molar-refractivity contribution in [2.45, 2.75) is 25.8 Å². The van der Waals surface area contributed by atoms with E-state index in [1.54, 1.807) is 0 Å². The summed E-state index contributed by atoms with van der Waals surface area (Å²) in [6.45, 7) is 6.38. The molecule has 0 aromatic carbocycles. The number of hydrogen-bond donors (Lipinski definition) is 1. The Hall–Kier alpha value is -1.09. The number of nitrogens with two attached hydrogens (primary N) is 1. The average Bonchev–Trinajstić information content (AvgIpc) is 2.67. The van der Waals surface area contributed by atoms with Crippen molar-refractivity contribution < 1.29 is 0 Å². The predicted molar refractivity (Wildman–Crippen MR) is 62.8 cm³/mol. The molecule has 0 spiro atoms. The van der Waals surface area contributed by atoms with Gasteiger partial charge in [-0.05, 0) is 38.3 Å². The number of rotatable bonds is 2. The van der Waals surface area contributed by atoms with Crippen molar-refractivity contribution in [3.05, 3.63) is 24.5 Å². The maximum absolute atomic E-state index is 6.14. The molecule has 82 valence electrons. The molecule has 2 N–H and O–H groups in total. The van der Waals surface area contributed by atoms with Crippen LogP contribution < -0.4 is 10.6 Å². The number of hydrogen-bond acceptors (Lipinski definition) is 3. The first-order valence-electron chi connectivity index (χ1n) is 5.51. The summed E-state index contributed by atoms with van der Waals surface area (Å²) in [7, 11) is 0. The molecule has 0 radical (unpaired) electrons. The molecule has 1 aliphatic rings. The third-order valence-electron chi connectivity index (χ3n) is 3.25. The Balaban J connectivity index is 2.05. The number of nitrogens with zero attached hydrogens (tertiary/aromatic N) is 2. The summed E-state index contributed by atoms with van der Waals surface area (Å²) in [5, 5.41) is 0. The molecule has 0 bridgehead atoms. The van der Waals surface area contributed by atoms with Crippen LogP contribution in [0.25, 0.3) is 0 Å². The zero-order valence-electron chi connectivity index (χ0n) is 9.48. The molecule has 1 fully saturated rings. The van der Waals surface area contributed by atoms with E-state index in [1.165, 1.54) is 12.1 Å². The lowest BCUT2D eigenvalue weighted by molar-refractivity contribution is 0.348. The zero-order valence-corrected chi connectivity index (χ0v) is 9.48. The van der Waals surface area contributed by atoms with Gasteiger partial charge >= 0.3 is 0 Å². The van der Waals surface area contributed by atoms with Crippen molar-refractivity contribution in [3.8, 4) is 0 Å². The Kier molecular flexibility index (Phi) is 2.65. The van der Waals surface area contributed by atoms with Gasteiger partial charge in [0.1, 0.15) is 0 Å². The molecule has 1 aliphatic heterocycles. The topological polar surface area (TPSA) is 42.1 Å². The maximum Gasteiger partial charge on any atom is 0.0552 e. The molecule has 3 heteroatoms. The minimum atomic E-state index is -0.0725. The first-order chi connectivity index (χ1) is 7.07. The lowest BCUT2D eigenvalue weighted by Crippen LogP contribution is -2.42. The highest BCUT2D eigenvalue weighted by Crippen LogP contribution is 2.28. The molecule has 1 aromatic rings. The van der Waals surface area contributed by atoms with Crippen LogP contribution in [0.5, 0.6) is 0 Å². The fraction of sp³-hybridized carbons (Fsp3) is 0.583. The molecule has 0 aliphatic carbocycles. The molecule has 0 saturated carbocycles. The van der Waals surface area contributed by atoms with Gasteiger partial charge in [-0.2, -0.15) is 0 Å². The highest BCUT2D eigenvalue weighted by molar-refractivity contribution is 5.44. The van der Waals surface area contributed by atoms with Crippen LogP contribution in [0.2, 0.25) is 0 Å². The van der Waals surface area contributed by atoms with E-state index in [0.29, 0.717) is 5.92 Å². The molecule has 1 atom stereocenters. The summed E-state index contributed by atoms with van der Waals surface area (Å²) < 4.78 is 0. The monoisotopic (exact) mass is 205 g/mol. The molecule has 3 nitrogen and oxygen atoms in total. The minimum Gasteiger partial charge on any atom is -0.370 e. The molecular weight excluding hydrogens is 186 g/mol. The predicted octanol–water partition coefficient (Wildman–Crippen LogP) is 1.65. The van der Waals surface area contributed by atoms with Gasteiger partial charge in [-0.1, -0.05) is 0 Å². The Labute approximate surface area is 91.3 Å². The van der Waals surface area contributed by atoms with E-state index in [-0.39, 0.29) is 5.54 Å². The van der Waals surface area contributed by atoms with Gasteiger partial charge in [0.05, 0.1) is 11.9 Å². The molecular formula is C12H19N3. The summed E-state index contributed by atoms with van der Waals surface area (Å²) in [5.41, 5.74) is 7.28. The van der Waals surface area contributed by atoms with Crippen LogP contribution in [0.4, 0.5) is 5.69 Å². The second-order valence-corrected chi connectivity index (χ2v) is 4.96. The third kappa shape index (κ3) is 2.29. The van der Waals surface area contributed by atoms with Gasteiger partial charge in [0.15, 0.2) is 0 Å². The summed E-state index contributed by atoms with van der Waals surface area (Å²) in [6, 6.07) is 4.09. The highest BCUT2D eigenvalue weighted by atomic mass is 15.2. The van der Waals surface area contributed by atoms with Crippen LogP contribution >= 0.6 is 0 Å². The standard InChI is InChI=1S/C12H19N3/c1-12(2,13)10-5-7-15(9-10)11-4-3-6-14-8-11/h3-4,6,8,10H,5,7,9,13H2,1-2H3. The first-order valence-corrected chi connectivity index (χ1v) is 5.51. The largest absolute Gasteiger partial charge is 0.370 e. The van der Waals surface area contributed by atoms with Crippen LogP contribution in [-0.2, 0) is 0 Å².